The van der Waals surface area contributed by atoms with Gasteiger partial charge < -0.3 is 19.1 Å². The van der Waals surface area contributed by atoms with E-state index in [0.717, 1.165) is 11.4 Å². The first kappa shape index (κ1) is 17.4. The van der Waals surface area contributed by atoms with Gasteiger partial charge in [0.15, 0.2) is 6.29 Å². The molecule has 0 unspecified atom stereocenters. The zero-order chi connectivity index (χ0) is 16.8. The molecule has 128 valence electrons. The van der Waals surface area contributed by atoms with Gasteiger partial charge in [0.1, 0.15) is 6.42 Å². The number of aryl methyl sites for hydroxylation is 2. The van der Waals surface area contributed by atoms with Crippen LogP contribution in [0.2, 0.25) is 0 Å². The standard InChI is InChI=1S/C15H23N3O5/c1-4-21-14(20)8-13(19)18(10-15-22-5-6-23-15)9-12-7-11(2)16-17(12)3/h7,15H,4-6,8-10H2,1-3H3. The zero-order valence-corrected chi connectivity index (χ0v) is 13.8. The molecule has 8 nitrogen and oxygen atoms in total. The summed E-state index contributed by atoms with van der Waals surface area (Å²) in [4.78, 5) is 25.5. The fourth-order valence-corrected chi connectivity index (χ4v) is 2.40. The lowest BCUT2D eigenvalue weighted by molar-refractivity contribution is -0.151. The van der Waals surface area contributed by atoms with Crippen molar-refractivity contribution in [2.75, 3.05) is 26.4 Å². The smallest absolute Gasteiger partial charge is 0.315 e. The van der Waals surface area contributed by atoms with Crippen molar-refractivity contribution in [1.29, 1.82) is 0 Å². The van der Waals surface area contributed by atoms with Crippen LogP contribution in [0.3, 0.4) is 0 Å². The highest BCUT2D eigenvalue weighted by Crippen LogP contribution is 2.12. The van der Waals surface area contributed by atoms with Crippen LogP contribution in [-0.2, 0) is 37.4 Å². The van der Waals surface area contributed by atoms with Gasteiger partial charge in [0, 0.05) is 7.05 Å². The molecule has 0 aliphatic carbocycles. The van der Waals surface area contributed by atoms with E-state index in [1.807, 2.05) is 20.0 Å². The van der Waals surface area contributed by atoms with E-state index in [2.05, 4.69) is 5.10 Å². The summed E-state index contributed by atoms with van der Waals surface area (Å²) >= 11 is 0. The van der Waals surface area contributed by atoms with Crippen LogP contribution in [-0.4, -0.2) is 59.2 Å². The third-order valence-corrected chi connectivity index (χ3v) is 3.47. The molecule has 1 aromatic rings. The molecule has 0 aromatic carbocycles. The van der Waals surface area contributed by atoms with Crippen molar-refractivity contribution >= 4 is 11.9 Å². The van der Waals surface area contributed by atoms with Crippen molar-refractivity contribution in [3.63, 3.8) is 0 Å². The number of rotatable bonds is 7. The number of ether oxygens (including phenoxy) is 3. The summed E-state index contributed by atoms with van der Waals surface area (Å²) in [5.41, 5.74) is 1.74. The molecule has 23 heavy (non-hydrogen) atoms. The Bertz CT molecular complexity index is 551. The molecule has 1 fully saturated rings. The Hall–Kier alpha value is -1.93. The van der Waals surface area contributed by atoms with E-state index in [1.54, 1.807) is 16.5 Å². The second kappa shape index (κ2) is 8.07. The van der Waals surface area contributed by atoms with Crippen molar-refractivity contribution in [2.45, 2.75) is 33.1 Å². The minimum atomic E-state index is -0.531. The quantitative estimate of drug-likeness (QED) is 0.532. The first-order chi connectivity index (χ1) is 11.0. The summed E-state index contributed by atoms with van der Waals surface area (Å²) in [5, 5.41) is 4.27. The average Bonchev–Trinajstić information content (AvgIpc) is 3.08. The molecule has 2 rings (SSSR count). The second-order valence-corrected chi connectivity index (χ2v) is 5.33. The molecule has 0 bridgehead atoms. The van der Waals surface area contributed by atoms with Crippen molar-refractivity contribution in [3.8, 4) is 0 Å². The van der Waals surface area contributed by atoms with Gasteiger partial charge in [-0.05, 0) is 19.9 Å². The van der Waals surface area contributed by atoms with E-state index in [1.165, 1.54) is 0 Å². The lowest BCUT2D eigenvalue weighted by atomic mass is 10.3. The van der Waals surface area contributed by atoms with Gasteiger partial charge in [0.05, 0.1) is 44.3 Å². The summed E-state index contributed by atoms with van der Waals surface area (Å²) in [6, 6.07) is 1.90. The lowest BCUT2D eigenvalue weighted by Gasteiger charge is -2.24. The monoisotopic (exact) mass is 325 g/mol. The summed E-state index contributed by atoms with van der Waals surface area (Å²) in [6.07, 6.45) is -0.757. The number of hydrogen-bond acceptors (Lipinski definition) is 6. The Balaban J connectivity index is 2.05. The lowest BCUT2D eigenvalue weighted by Crippen LogP contribution is -2.39. The number of carbonyl (C=O) groups excluding carboxylic acids is 2. The fourth-order valence-electron chi connectivity index (χ4n) is 2.40. The fraction of sp³-hybridized carbons (Fsp3) is 0.667. The molecule has 1 aromatic heterocycles. The minimum absolute atomic E-state index is 0.252. The van der Waals surface area contributed by atoms with Crippen LogP contribution >= 0.6 is 0 Å². The van der Waals surface area contributed by atoms with Crippen molar-refractivity contribution in [3.05, 3.63) is 17.5 Å². The molecule has 1 amide bonds. The van der Waals surface area contributed by atoms with Crippen LogP contribution in [0.5, 0.6) is 0 Å². The average molecular weight is 325 g/mol. The number of esters is 1. The topological polar surface area (TPSA) is 82.9 Å². The van der Waals surface area contributed by atoms with Gasteiger partial charge in [-0.15, -0.1) is 0 Å². The highest BCUT2D eigenvalue weighted by Gasteiger charge is 2.25. The third kappa shape index (κ3) is 5.04. The number of aromatic nitrogens is 2. The van der Waals surface area contributed by atoms with Gasteiger partial charge in [-0.25, -0.2) is 0 Å². The number of carbonyl (C=O) groups is 2. The molecule has 0 saturated carbocycles. The van der Waals surface area contributed by atoms with Crippen molar-refractivity contribution < 1.29 is 23.8 Å². The van der Waals surface area contributed by atoms with Gasteiger partial charge >= 0.3 is 5.97 Å². The van der Waals surface area contributed by atoms with Crippen LogP contribution < -0.4 is 0 Å². The highest BCUT2D eigenvalue weighted by atomic mass is 16.7. The molecule has 1 saturated heterocycles. The molecule has 0 atom stereocenters. The maximum absolute atomic E-state index is 12.4. The molecule has 8 heteroatoms. The van der Waals surface area contributed by atoms with Crippen LogP contribution in [0, 0.1) is 6.92 Å². The molecular formula is C15H23N3O5. The van der Waals surface area contributed by atoms with E-state index >= 15 is 0 Å². The second-order valence-electron chi connectivity index (χ2n) is 5.33. The summed E-state index contributed by atoms with van der Waals surface area (Å²) < 4.78 is 17.4. The maximum Gasteiger partial charge on any atom is 0.315 e. The van der Waals surface area contributed by atoms with Gasteiger partial charge in [0.2, 0.25) is 5.91 Å². The molecule has 0 spiro atoms. The Morgan fingerprint density at radius 3 is 2.70 bits per heavy atom. The zero-order valence-electron chi connectivity index (χ0n) is 13.8. The van der Waals surface area contributed by atoms with Gasteiger partial charge in [-0.3, -0.25) is 14.3 Å². The highest BCUT2D eigenvalue weighted by molar-refractivity contribution is 5.94. The van der Waals surface area contributed by atoms with Crippen LogP contribution in [0.25, 0.3) is 0 Å². The largest absolute Gasteiger partial charge is 0.466 e. The molecule has 1 aliphatic heterocycles. The molecule has 1 aliphatic rings. The normalized spacial score (nSPS) is 14.9. The molecular weight excluding hydrogens is 302 g/mol. The molecule has 0 radical (unpaired) electrons. The number of amides is 1. The van der Waals surface area contributed by atoms with E-state index < -0.39 is 12.3 Å². The number of nitrogens with zero attached hydrogens (tertiary/aromatic N) is 3. The SMILES string of the molecule is CCOC(=O)CC(=O)N(Cc1cc(C)nn1C)CC1OCCO1. The first-order valence-electron chi connectivity index (χ1n) is 7.65. The predicted molar refractivity (Wildman–Crippen MR) is 80.3 cm³/mol. The predicted octanol–water partition coefficient (Wildman–Crippen LogP) is 0.383. The Kier molecular flexibility index (Phi) is 6.12. The van der Waals surface area contributed by atoms with E-state index in [0.29, 0.717) is 19.8 Å². The first-order valence-corrected chi connectivity index (χ1v) is 7.65. The van der Waals surface area contributed by atoms with Gasteiger partial charge in [-0.1, -0.05) is 0 Å². The van der Waals surface area contributed by atoms with Gasteiger partial charge in [-0.2, -0.15) is 5.10 Å². The van der Waals surface area contributed by atoms with E-state index in [-0.39, 0.29) is 25.5 Å². The Labute approximate surface area is 135 Å². The van der Waals surface area contributed by atoms with Crippen LogP contribution in [0.4, 0.5) is 0 Å². The van der Waals surface area contributed by atoms with E-state index in [4.69, 9.17) is 14.2 Å². The number of hydrogen-bond donors (Lipinski definition) is 0. The van der Waals surface area contributed by atoms with Crippen LogP contribution in [0.15, 0.2) is 6.07 Å². The maximum atomic E-state index is 12.4. The Morgan fingerprint density at radius 2 is 2.13 bits per heavy atom. The third-order valence-electron chi connectivity index (χ3n) is 3.47. The minimum Gasteiger partial charge on any atom is -0.466 e. The van der Waals surface area contributed by atoms with Gasteiger partial charge in [0.25, 0.3) is 0 Å². The Morgan fingerprint density at radius 1 is 1.43 bits per heavy atom. The molecule has 2 heterocycles. The van der Waals surface area contributed by atoms with Crippen molar-refractivity contribution in [2.24, 2.45) is 7.05 Å². The van der Waals surface area contributed by atoms with Crippen LogP contribution in [0.1, 0.15) is 24.7 Å². The van der Waals surface area contributed by atoms with Crippen molar-refractivity contribution in [1.82, 2.24) is 14.7 Å². The summed E-state index contributed by atoms with van der Waals surface area (Å²) in [5.74, 6) is -0.849. The summed E-state index contributed by atoms with van der Waals surface area (Å²) in [6.45, 7) is 5.46. The summed E-state index contributed by atoms with van der Waals surface area (Å²) in [7, 11) is 1.82. The van der Waals surface area contributed by atoms with E-state index in [9.17, 15) is 9.59 Å². The molecule has 0 N–H and O–H groups in total.